The first-order valence-electron chi connectivity index (χ1n) is 7.78. The Hall–Kier alpha value is -1.06. The molecule has 0 spiro atoms. The molecular formula is C17H27NO2. The van der Waals surface area contributed by atoms with Crippen LogP contribution in [0.4, 0.5) is 5.69 Å². The molecule has 0 radical (unpaired) electrons. The van der Waals surface area contributed by atoms with E-state index in [0.29, 0.717) is 6.61 Å². The number of aliphatic hydroxyl groups is 1. The fourth-order valence-corrected chi connectivity index (χ4v) is 2.90. The minimum Gasteiger partial charge on any atom is -0.396 e. The smallest absolute Gasteiger partial charge is 0.0561 e. The van der Waals surface area contributed by atoms with Gasteiger partial charge in [0.15, 0.2) is 0 Å². The first-order valence-corrected chi connectivity index (χ1v) is 7.78. The molecule has 3 nitrogen and oxygen atoms in total. The summed E-state index contributed by atoms with van der Waals surface area (Å²) in [6.45, 7) is 5.87. The lowest BCUT2D eigenvalue weighted by Gasteiger charge is -2.40. The molecule has 2 rings (SSSR count). The van der Waals surface area contributed by atoms with Crippen LogP contribution >= 0.6 is 0 Å². The number of hydrogen-bond donors (Lipinski definition) is 1. The molecule has 1 saturated heterocycles. The van der Waals surface area contributed by atoms with Gasteiger partial charge in [0.2, 0.25) is 0 Å². The number of benzene rings is 1. The molecule has 1 aromatic rings. The van der Waals surface area contributed by atoms with Crippen molar-refractivity contribution in [2.24, 2.45) is 5.41 Å². The second-order valence-corrected chi connectivity index (χ2v) is 5.92. The molecule has 1 fully saturated rings. The summed E-state index contributed by atoms with van der Waals surface area (Å²) in [6.07, 6.45) is 4.47. The number of hydrogen-bond acceptors (Lipinski definition) is 3. The molecule has 1 unspecified atom stereocenters. The number of para-hydroxylation sites is 1. The summed E-state index contributed by atoms with van der Waals surface area (Å²) in [5, 5.41) is 9.86. The summed E-state index contributed by atoms with van der Waals surface area (Å²) >= 11 is 0. The van der Waals surface area contributed by atoms with E-state index in [-0.39, 0.29) is 12.0 Å². The van der Waals surface area contributed by atoms with Gasteiger partial charge >= 0.3 is 0 Å². The van der Waals surface area contributed by atoms with E-state index in [4.69, 9.17) is 4.74 Å². The highest BCUT2D eigenvalue weighted by Crippen LogP contribution is 2.31. The van der Waals surface area contributed by atoms with Crippen molar-refractivity contribution in [1.29, 1.82) is 0 Å². The molecule has 1 aliphatic heterocycles. The first kappa shape index (κ1) is 15.3. The molecule has 0 saturated carbocycles. The van der Waals surface area contributed by atoms with Gasteiger partial charge in [0.05, 0.1) is 13.2 Å². The van der Waals surface area contributed by atoms with Crippen LogP contribution in [0.5, 0.6) is 0 Å². The zero-order valence-electron chi connectivity index (χ0n) is 12.6. The molecule has 1 aromatic carbocycles. The lowest BCUT2D eigenvalue weighted by Crippen LogP contribution is -2.46. The Labute approximate surface area is 122 Å². The highest BCUT2D eigenvalue weighted by Gasteiger charge is 2.34. The summed E-state index contributed by atoms with van der Waals surface area (Å²) in [5.74, 6) is 0. The number of rotatable bonds is 7. The van der Waals surface area contributed by atoms with Crippen molar-refractivity contribution in [3.05, 3.63) is 30.3 Å². The Balaban J connectivity index is 2.10. The van der Waals surface area contributed by atoms with E-state index < -0.39 is 0 Å². The highest BCUT2D eigenvalue weighted by molar-refractivity contribution is 5.46. The Morgan fingerprint density at radius 1 is 1.30 bits per heavy atom. The van der Waals surface area contributed by atoms with Crippen LogP contribution in [0.15, 0.2) is 30.3 Å². The van der Waals surface area contributed by atoms with Crippen LogP contribution in [0.1, 0.15) is 32.6 Å². The molecule has 1 atom stereocenters. The van der Waals surface area contributed by atoms with Crippen molar-refractivity contribution < 1.29 is 9.84 Å². The molecule has 112 valence electrons. The van der Waals surface area contributed by atoms with Gasteiger partial charge in [-0.2, -0.15) is 0 Å². The van der Waals surface area contributed by atoms with Gasteiger partial charge in [-0.1, -0.05) is 31.5 Å². The topological polar surface area (TPSA) is 32.7 Å². The lowest BCUT2D eigenvalue weighted by atomic mass is 9.82. The van der Waals surface area contributed by atoms with Gasteiger partial charge in [0, 0.05) is 30.8 Å². The molecule has 3 heteroatoms. The zero-order chi connectivity index (χ0) is 14.3. The van der Waals surface area contributed by atoms with Crippen LogP contribution in [0.25, 0.3) is 0 Å². The molecule has 1 aliphatic rings. The Morgan fingerprint density at radius 2 is 2.10 bits per heavy atom. The van der Waals surface area contributed by atoms with E-state index in [1.165, 1.54) is 18.5 Å². The van der Waals surface area contributed by atoms with Crippen LogP contribution in [0, 0.1) is 5.41 Å². The fourth-order valence-electron chi connectivity index (χ4n) is 2.90. The van der Waals surface area contributed by atoms with Crippen molar-refractivity contribution in [1.82, 2.24) is 0 Å². The Kier molecular flexibility index (Phi) is 5.86. The number of nitrogens with zero attached hydrogens (tertiary/aromatic N) is 1. The summed E-state index contributed by atoms with van der Waals surface area (Å²) in [7, 11) is 0. The summed E-state index contributed by atoms with van der Waals surface area (Å²) in [6, 6.07) is 10.5. The molecule has 0 aliphatic carbocycles. The Morgan fingerprint density at radius 3 is 2.70 bits per heavy atom. The average molecular weight is 277 g/mol. The summed E-state index contributed by atoms with van der Waals surface area (Å²) < 4.78 is 5.63. The predicted molar refractivity (Wildman–Crippen MR) is 83.1 cm³/mol. The van der Waals surface area contributed by atoms with Crippen LogP contribution in [0.2, 0.25) is 0 Å². The van der Waals surface area contributed by atoms with Crippen LogP contribution in [-0.2, 0) is 4.74 Å². The van der Waals surface area contributed by atoms with Crippen molar-refractivity contribution in [2.75, 3.05) is 37.8 Å². The second kappa shape index (κ2) is 7.65. The van der Waals surface area contributed by atoms with Gasteiger partial charge in [0.1, 0.15) is 0 Å². The minimum absolute atomic E-state index is 0.0954. The van der Waals surface area contributed by atoms with Crippen molar-refractivity contribution in [2.45, 2.75) is 32.6 Å². The van der Waals surface area contributed by atoms with Crippen LogP contribution < -0.4 is 4.90 Å². The summed E-state index contributed by atoms with van der Waals surface area (Å²) in [4.78, 5) is 2.41. The van der Waals surface area contributed by atoms with Crippen LogP contribution in [-0.4, -0.2) is 38.0 Å². The molecule has 1 heterocycles. The van der Waals surface area contributed by atoms with Gasteiger partial charge in [-0.05, 0) is 31.4 Å². The number of unbranched alkanes of at least 4 members (excludes halogenated alkanes) is 1. The van der Waals surface area contributed by atoms with E-state index in [9.17, 15) is 5.11 Å². The van der Waals surface area contributed by atoms with E-state index in [1.54, 1.807) is 0 Å². The molecule has 0 bridgehead atoms. The Bertz CT molecular complexity index is 374. The third-order valence-electron chi connectivity index (χ3n) is 4.17. The van der Waals surface area contributed by atoms with E-state index in [2.05, 4.69) is 36.1 Å². The molecule has 1 N–H and O–H groups in total. The van der Waals surface area contributed by atoms with Crippen molar-refractivity contribution in [3.8, 4) is 0 Å². The van der Waals surface area contributed by atoms with Crippen molar-refractivity contribution >= 4 is 5.69 Å². The van der Waals surface area contributed by atoms with Gasteiger partial charge in [-0.15, -0.1) is 0 Å². The van der Waals surface area contributed by atoms with Gasteiger partial charge in [-0.25, -0.2) is 0 Å². The number of anilines is 1. The third-order valence-corrected chi connectivity index (χ3v) is 4.17. The lowest BCUT2D eigenvalue weighted by molar-refractivity contribution is -0.0336. The number of ether oxygens (including phenoxy) is 1. The molecule has 0 aromatic heterocycles. The number of aliphatic hydroxyl groups excluding tert-OH is 1. The zero-order valence-corrected chi connectivity index (χ0v) is 12.6. The quantitative estimate of drug-likeness (QED) is 0.831. The monoisotopic (exact) mass is 277 g/mol. The molecule has 0 amide bonds. The SMILES string of the molecule is CCCCN(CC1(CO)CCCOC1)c1ccccc1. The normalized spacial score (nSPS) is 22.7. The maximum Gasteiger partial charge on any atom is 0.0561 e. The van der Waals surface area contributed by atoms with E-state index in [0.717, 1.165) is 32.5 Å². The molecule has 20 heavy (non-hydrogen) atoms. The third kappa shape index (κ3) is 3.97. The predicted octanol–water partition coefficient (Wildman–Crippen LogP) is 3.08. The first-order chi connectivity index (χ1) is 9.79. The summed E-state index contributed by atoms with van der Waals surface area (Å²) in [5.41, 5.74) is 1.15. The van der Waals surface area contributed by atoms with Gasteiger partial charge in [0.25, 0.3) is 0 Å². The maximum atomic E-state index is 9.86. The fraction of sp³-hybridized carbons (Fsp3) is 0.647. The van der Waals surface area contributed by atoms with E-state index >= 15 is 0 Å². The maximum absolute atomic E-state index is 9.86. The largest absolute Gasteiger partial charge is 0.396 e. The average Bonchev–Trinajstić information content (AvgIpc) is 2.53. The molecular weight excluding hydrogens is 250 g/mol. The van der Waals surface area contributed by atoms with Crippen molar-refractivity contribution in [3.63, 3.8) is 0 Å². The van der Waals surface area contributed by atoms with Crippen LogP contribution in [0.3, 0.4) is 0 Å². The second-order valence-electron chi connectivity index (χ2n) is 5.92. The van der Waals surface area contributed by atoms with Gasteiger partial charge in [-0.3, -0.25) is 0 Å². The van der Waals surface area contributed by atoms with E-state index in [1.807, 2.05) is 6.07 Å². The van der Waals surface area contributed by atoms with Gasteiger partial charge < -0.3 is 14.7 Å². The highest BCUT2D eigenvalue weighted by atomic mass is 16.5. The standard InChI is InChI=1S/C17H27NO2/c1-2-3-11-18(16-8-5-4-6-9-16)13-17(14-19)10-7-12-20-15-17/h4-6,8-9,19H,2-3,7,10-15H2,1H3. The minimum atomic E-state index is -0.0954.